The second kappa shape index (κ2) is 7.44. The highest BCUT2D eigenvalue weighted by molar-refractivity contribution is 5.79. The molecule has 1 aliphatic carbocycles. The number of benzene rings is 1. The minimum Gasteiger partial charge on any atom is -0.371 e. The smallest absolute Gasteiger partial charge is 0.246 e. The highest BCUT2D eigenvalue weighted by atomic mass is 16.5. The fourth-order valence-electron chi connectivity index (χ4n) is 3.82. The molecule has 0 unspecified atom stereocenters. The average molecular weight is 393 g/mol. The lowest BCUT2D eigenvalue weighted by Gasteiger charge is -2.20. The summed E-state index contributed by atoms with van der Waals surface area (Å²) >= 11 is 0. The largest absolute Gasteiger partial charge is 0.371 e. The van der Waals surface area contributed by atoms with E-state index in [9.17, 15) is 4.79 Å². The predicted octanol–water partition coefficient (Wildman–Crippen LogP) is 2.84. The van der Waals surface area contributed by atoms with E-state index in [-0.39, 0.29) is 24.5 Å². The van der Waals surface area contributed by atoms with E-state index in [1.165, 1.54) is 0 Å². The molecule has 29 heavy (non-hydrogen) atoms. The summed E-state index contributed by atoms with van der Waals surface area (Å²) < 4.78 is 13.1. The first kappa shape index (κ1) is 18.1. The van der Waals surface area contributed by atoms with Gasteiger partial charge in [-0.15, -0.1) is 0 Å². The number of hydrogen-bond donors (Lipinski definition) is 1. The van der Waals surface area contributed by atoms with Crippen LogP contribution in [0.4, 0.5) is 0 Å². The molecule has 0 bridgehead atoms. The third-order valence-electron chi connectivity index (χ3n) is 5.58. The Bertz CT molecular complexity index is 1020. The molecule has 8 heteroatoms. The number of carbonyl (C=O) groups is 1. The standard InChI is InChI=1S/C21H23N5O3/c1-13-4-2-3-5-16(13)26-17(8-10-23-26)19-15(9-11-28-19)21(27)22-12-18-24-20(25-29-18)14-6-7-14/h2-5,8,10,14-15,19H,6-7,9,11-12H2,1H3,(H,22,27)/t15-,19-/m0/s1. The van der Waals surface area contributed by atoms with Gasteiger partial charge in [-0.05, 0) is 43.9 Å². The van der Waals surface area contributed by atoms with Crippen LogP contribution in [0.2, 0.25) is 0 Å². The number of amides is 1. The van der Waals surface area contributed by atoms with Gasteiger partial charge in [-0.1, -0.05) is 23.4 Å². The van der Waals surface area contributed by atoms with Crippen LogP contribution in [0.1, 0.15) is 54.3 Å². The van der Waals surface area contributed by atoms with Crippen molar-refractivity contribution in [2.24, 2.45) is 5.92 Å². The number of aromatic nitrogens is 4. The highest BCUT2D eigenvalue weighted by Gasteiger charge is 2.37. The lowest BCUT2D eigenvalue weighted by atomic mass is 9.97. The maximum Gasteiger partial charge on any atom is 0.246 e. The Morgan fingerprint density at radius 3 is 2.93 bits per heavy atom. The van der Waals surface area contributed by atoms with Crippen molar-refractivity contribution >= 4 is 5.91 Å². The van der Waals surface area contributed by atoms with E-state index in [0.29, 0.717) is 24.8 Å². The van der Waals surface area contributed by atoms with Crippen LogP contribution < -0.4 is 5.32 Å². The summed E-state index contributed by atoms with van der Waals surface area (Å²) in [4.78, 5) is 17.2. The molecule has 0 spiro atoms. The van der Waals surface area contributed by atoms with Crippen molar-refractivity contribution in [1.82, 2.24) is 25.2 Å². The van der Waals surface area contributed by atoms with E-state index in [1.807, 2.05) is 41.9 Å². The first-order chi connectivity index (χ1) is 14.2. The maximum atomic E-state index is 12.9. The maximum absolute atomic E-state index is 12.9. The Labute approximate surface area is 168 Å². The number of rotatable bonds is 6. The lowest BCUT2D eigenvalue weighted by Crippen LogP contribution is -2.32. The molecule has 1 amide bonds. The minimum atomic E-state index is -0.346. The molecule has 150 valence electrons. The molecule has 1 aliphatic heterocycles. The van der Waals surface area contributed by atoms with E-state index in [4.69, 9.17) is 9.26 Å². The Kier molecular flexibility index (Phi) is 4.63. The molecule has 1 saturated carbocycles. The number of carbonyl (C=O) groups excluding carboxylic acids is 1. The molecule has 2 aromatic heterocycles. The van der Waals surface area contributed by atoms with Crippen LogP contribution >= 0.6 is 0 Å². The summed E-state index contributed by atoms with van der Waals surface area (Å²) in [7, 11) is 0. The van der Waals surface area contributed by atoms with Crippen LogP contribution in [0.15, 0.2) is 41.1 Å². The predicted molar refractivity (Wildman–Crippen MR) is 103 cm³/mol. The monoisotopic (exact) mass is 393 g/mol. The van der Waals surface area contributed by atoms with Crippen molar-refractivity contribution in [3.05, 3.63) is 59.5 Å². The zero-order valence-electron chi connectivity index (χ0n) is 16.2. The molecule has 2 atom stereocenters. The van der Waals surface area contributed by atoms with Gasteiger partial charge in [0.15, 0.2) is 5.82 Å². The lowest BCUT2D eigenvalue weighted by molar-refractivity contribution is -0.127. The summed E-state index contributed by atoms with van der Waals surface area (Å²) in [5.41, 5.74) is 2.98. The average Bonchev–Trinajstić information content (AvgIpc) is 3.14. The van der Waals surface area contributed by atoms with E-state index in [0.717, 1.165) is 35.6 Å². The van der Waals surface area contributed by atoms with Crippen LogP contribution in [0.25, 0.3) is 5.69 Å². The topological polar surface area (TPSA) is 95.1 Å². The third-order valence-corrected chi connectivity index (χ3v) is 5.58. The molecule has 1 N–H and O–H groups in total. The number of nitrogens with zero attached hydrogens (tertiary/aromatic N) is 4. The molecule has 1 saturated heterocycles. The minimum absolute atomic E-state index is 0.0730. The van der Waals surface area contributed by atoms with Crippen molar-refractivity contribution in [3.8, 4) is 5.69 Å². The van der Waals surface area contributed by atoms with Crippen molar-refractivity contribution in [2.75, 3.05) is 6.61 Å². The number of nitrogens with one attached hydrogen (secondary N) is 1. The van der Waals surface area contributed by atoms with E-state index in [1.54, 1.807) is 6.20 Å². The molecule has 0 radical (unpaired) electrons. The van der Waals surface area contributed by atoms with Crippen molar-refractivity contribution in [2.45, 2.75) is 44.8 Å². The Morgan fingerprint density at radius 2 is 2.10 bits per heavy atom. The van der Waals surface area contributed by atoms with Crippen molar-refractivity contribution in [1.29, 1.82) is 0 Å². The summed E-state index contributed by atoms with van der Waals surface area (Å²) in [6.45, 7) is 2.81. The van der Waals surface area contributed by atoms with Gasteiger partial charge in [0.25, 0.3) is 0 Å². The Hall–Kier alpha value is -3.00. The molecular weight excluding hydrogens is 370 g/mol. The van der Waals surface area contributed by atoms with Crippen LogP contribution in [0.3, 0.4) is 0 Å². The van der Waals surface area contributed by atoms with Gasteiger partial charge in [-0.2, -0.15) is 10.1 Å². The highest BCUT2D eigenvalue weighted by Crippen LogP contribution is 2.38. The normalized spacial score (nSPS) is 21.4. The van der Waals surface area contributed by atoms with Gasteiger partial charge in [0, 0.05) is 18.7 Å². The fraction of sp³-hybridized carbons (Fsp3) is 0.429. The number of hydrogen-bond acceptors (Lipinski definition) is 6. The van der Waals surface area contributed by atoms with Gasteiger partial charge in [0.1, 0.15) is 6.10 Å². The molecule has 2 fully saturated rings. The van der Waals surface area contributed by atoms with Crippen LogP contribution in [-0.4, -0.2) is 32.4 Å². The summed E-state index contributed by atoms with van der Waals surface area (Å²) in [6.07, 6.45) is 4.28. The molecule has 3 aromatic rings. The summed E-state index contributed by atoms with van der Waals surface area (Å²) in [6, 6.07) is 9.95. The molecule has 2 aliphatic rings. The van der Waals surface area contributed by atoms with Gasteiger partial charge in [-0.25, -0.2) is 4.68 Å². The van der Waals surface area contributed by atoms with Gasteiger partial charge in [0.2, 0.25) is 11.8 Å². The fourth-order valence-corrected chi connectivity index (χ4v) is 3.82. The zero-order chi connectivity index (χ0) is 19.8. The SMILES string of the molecule is Cc1ccccc1-n1nccc1[C@H]1OCC[C@@H]1C(=O)NCc1nc(C2CC2)no1. The second-order valence-corrected chi connectivity index (χ2v) is 7.68. The Balaban J connectivity index is 1.30. The molecule has 3 heterocycles. The summed E-state index contributed by atoms with van der Waals surface area (Å²) in [5.74, 6) is 1.26. The number of ether oxygens (including phenoxy) is 1. The molecule has 8 nitrogen and oxygen atoms in total. The van der Waals surface area contributed by atoms with Crippen molar-refractivity contribution < 1.29 is 14.1 Å². The Morgan fingerprint density at radius 1 is 1.24 bits per heavy atom. The summed E-state index contributed by atoms with van der Waals surface area (Å²) in [5, 5.41) is 11.4. The van der Waals surface area contributed by atoms with Gasteiger partial charge in [0.05, 0.1) is 23.8 Å². The number of aryl methyl sites for hydroxylation is 1. The molecular formula is C21H23N5O3. The van der Waals surface area contributed by atoms with E-state index >= 15 is 0 Å². The first-order valence-electron chi connectivity index (χ1n) is 10.0. The van der Waals surface area contributed by atoms with Crippen molar-refractivity contribution in [3.63, 3.8) is 0 Å². The van der Waals surface area contributed by atoms with E-state index in [2.05, 4.69) is 20.6 Å². The van der Waals surface area contributed by atoms with Gasteiger partial charge in [-0.3, -0.25) is 4.79 Å². The molecule has 1 aromatic carbocycles. The second-order valence-electron chi connectivity index (χ2n) is 7.68. The van der Waals surface area contributed by atoms with Gasteiger partial charge < -0.3 is 14.6 Å². The quantitative estimate of drug-likeness (QED) is 0.692. The molecule has 5 rings (SSSR count). The first-order valence-corrected chi connectivity index (χ1v) is 10.0. The van der Waals surface area contributed by atoms with Crippen LogP contribution in [0, 0.1) is 12.8 Å². The van der Waals surface area contributed by atoms with E-state index < -0.39 is 0 Å². The van der Waals surface area contributed by atoms with Crippen LogP contribution in [-0.2, 0) is 16.1 Å². The third kappa shape index (κ3) is 3.55. The van der Waals surface area contributed by atoms with Gasteiger partial charge >= 0.3 is 0 Å². The zero-order valence-corrected chi connectivity index (χ0v) is 16.2. The van der Waals surface area contributed by atoms with Crippen LogP contribution in [0.5, 0.6) is 0 Å². The number of para-hydroxylation sites is 1.